The first-order chi connectivity index (χ1) is 9.66. The van der Waals surface area contributed by atoms with Crippen molar-refractivity contribution >= 4 is 17.1 Å². The van der Waals surface area contributed by atoms with E-state index in [1.165, 1.54) is 41.4 Å². The average molecular weight is 266 g/mol. The fourth-order valence-corrected chi connectivity index (χ4v) is 3.84. The lowest BCUT2D eigenvalue weighted by molar-refractivity contribution is 0.285. The number of rotatable bonds is 1. The lowest BCUT2D eigenvalue weighted by atomic mass is 9.89. The Balaban J connectivity index is 2.04. The molecule has 1 atom stereocenters. The molecule has 0 fully saturated rings. The summed E-state index contributed by atoms with van der Waals surface area (Å²) in [6.45, 7) is 4.55. The molecule has 0 saturated carbocycles. The predicted octanol–water partition coefficient (Wildman–Crippen LogP) is 4.52. The van der Waals surface area contributed by atoms with Crippen molar-refractivity contribution in [1.82, 2.24) is 9.47 Å². The van der Waals surface area contributed by atoms with Crippen molar-refractivity contribution in [2.24, 2.45) is 0 Å². The Bertz CT molecular complexity index is 706. The van der Waals surface area contributed by atoms with Crippen molar-refractivity contribution < 1.29 is 0 Å². The van der Waals surface area contributed by atoms with Crippen LogP contribution in [0, 0.1) is 0 Å². The number of aromatic nitrogens is 1. The van der Waals surface area contributed by atoms with E-state index in [-0.39, 0.29) is 0 Å². The lowest BCUT2D eigenvalue weighted by Gasteiger charge is -2.34. The SMILES string of the molecule is CC(C)c1ccc2c(c1)c1c3n2C=CN(C)C3CCC1. The molecular formula is C18H22N2. The highest BCUT2D eigenvalue weighted by Crippen LogP contribution is 2.42. The molecular weight excluding hydrogens is 244 g/mol. The van der Waals surface area contributed by atoms with Crippen molar-refractivity contribution in [3.8, 4) is 0 Å². The molecule has 2 nitrogen and oxygen atoms in total. The summed E-state index contributed by atoms with van der Waals surface area (Å²) in [6.07, 6.45) is 8.28. The van der Waals surface area contributed by atoms with Crippen LogP contribution in [0.25, 0.3) is 17.1 Å². The molecule has 2 heteroatoms. The van der Waals surface area contributed by atoms with E-state index in [0.717, 1.165) is 0 Å². The highest BCUT2D eigenvalue weighted by atomic mass is 15.2. The number of hydrogen-bond acceptors (Lipinski definition) is 1. The molecule has 0 amide bonds. The summed E-state index contributed by atoms with van der Waals surface area (Å²) in [7, 11) is 2.21. The molecule has 1 unspecified atom stereocenters. The molecule has 20 heavy (non-hydrogen) atoms. The van der Waals surface area contributed by atoms with E-state index in [1.54, 1.807) is 5.56 Å². The first-order valence-corrected chi connectivity index (χ1v) is 7.73. The molecule has 1 aliphatic carbocycles. The summed E-state index contributed by atoms with van der Waals surface area (Å²) in [5.41, 5.74) is 5.97. The Hall–Kier alpha value is -1.70. The minimum absolute atomic E-state index is 0.568. The molecule has 0 radical (unpaired) electrons. The molecule has 0 N–H and O–H groups in total. The van der Waals surface area contributed by atoms with Gasteiger partial charge in [-0.05, 0) is 48.4 Å². The van der Waals surface area contributed by atoms with Gasteiger partial charge in [0.05, 0.1) is 11.6 Å². The Kier molecular flexibility index (Phi) is 2.50. The van der Waals surface area contributed by atoms with Gasteiger partial charge in [-0.3, -0.25) is 0 Å². The van der Waals surface area contributed by atoms with Crippen LogP contribution < -0.4 is 0 Å². The minimum Gasteiger partial charge on any atom is -0.371 e. The highest BCUT2D eigenvalue weighted by Gasteiger charge is 2.30. The van der Waals surface area contributed by atoms with E-state index in [2.05, 4.69) is 61.0 Å². The van der Waals surface area contributed by atoms with Gasteiger partial charge in [0, 0.05) is 30.5 Å². The van der Waals surface area contributed by atoms with Crippen molar-refractivity contribution in [3.05, 3.63) is 41.2 Å². The minimum atomic E-state index is 0.568. The zero-order valence-electron chi connectivity index (χ0n) is 12.6. The predicted molar refractivity (Wildman–Crippen MR) is 84.8 cm³/mol. The van der Waals surface area contributed by atoms with Gasteiger partial charge in [-0.25, -0.2) is 0 Å². The first-order valence-electron chi connectivity index (χ1n) is 7.73. The zero-order chi connectivity index (χ0) is 13.9. The maximum atomic E-state index is 2.43. The third-order valence-electron chi connectivity index (χ3n) is 5.00. The fourth-order valence-electron chi connectivity index (χ4n) is 3.84. The van der Waals surface area contributed by atoms with Gasteiger partial charge in [0.15, 0.2) is 0 Å². The maximum Gasteiger partial charge on any atom is 0.0692 e. The van der Waals surface area contributed by atoms with Gasteiger partial charge in [-0.1, -0.05) is 19.9 Å². The Morgan fingerprint density at radius 3 is 2.85 bits per heavy atom. The van der Waals surface area contributed by atoms with Crippen molar-refractivity contribution in [2.75, 3.05) is 7.05 Å². The van der Waals surface area contributed by atoms with Gasteiger partial charge in [-0.15, -0.1) is 0 Å². The molecule has 0 spiro atoms. The summed E-state index contributed by atoms with van der Waals surface area (Å²) >= 11 is 0. The van der Waals surface area contributed by atoms with Crippen LogP contribution in [-0.4, -0.2) is 16.5 Å². The molecule has 1 aromatic heterocycles. The van der Waals surface area contributed by atoms with Crippen LogP contribution in [0.4, 0.5) is 0 Å². The van der Waals surface area contributed by atoms with Gasteiger partial charge >= 0.3 is 0 Å². The second kappa shape index (κ2) is 4.15. The van der Waals surface area contributed by atoms with Gasteiger partial charge in [-0.2, -0.15) is 0 Å². The van der Waals surface area contributed by atoms with E-state index in [9.17, 15) is 0 Å². The van der Waals surface area contributed by atoms with Crippen LogP contribution >= 0.6 is 0 Å². The van der Waals surface area contributed by atoms with Crippen molar-refractivity contribution in [1.29, 1.82) is 0 Å². The van der Waals surface area contributed by atoms with Crippen molar-refractivity contribution in [3.63, 3.8) is 0 Å². The van der Waals surface area contributed by atoms with E-state index in [4.69, 9.17) is 0 Å². The molecule has 0 bridgehead atoms. The molecule has 0 saturated heterocycles. The summed E-state index contributed by atoms with van der Waals surface area (Å²) < 4.78 is 2.43. The molecule has 2 aromatic rings. The van der Waals surface area contributed by atoms with Crippen LogP contribution in [0.1, 0.15) is 55.5 Å². The third-order valence-corrected chi connectivity index (χ3v) is 5.00. The molecule has 1 aliphatic heterocycles. The monoisotopic (exact) mass is 266 g/mol. The average Bonchev–Trinajstić information content (AvgIpc) is 2.78. The van der Waals surface area contributed by atoms with Gasteiger partial charge in [0.1, 0.15) is 0 Å². The maximum absolute atomic E-state index is 2.43. The Labute approximate surface area is 120 Å². The summed E-state index contributed by atoms with van der Waals surface area (Å²) in [6, 6.07) is 7.61. The van der Waals surface area contributed by atoms with E-state index in [0.29, 0.717) is 12.0 Å². The topological polar surface area (TPSA) is 8.17 Å². The summed E-state index contributed by atoms with van der Waals surface area (Å²) in [5, 5.41) is 1.48. The van der Waals surface area contributed by atoms with Gasteiger partial charge in [0.2, 0.25) is 0 Å². The first kappa shape index (κ1) is 12.1. The Morgan fingerprint density at radius 1 is 1.20 bits per heavy atom. The quantitative estimate of drug-likeness (QED) is 0.737. The van der Waals surface area contributed by atoms with E-state index in [1.807, 2.05) is 0 Å². The second-order valence-electron chi connectivity index (χ2n) is 6.54. The normalized spacial score (nSPS) is 20.8. The molecule has 1 aromatic carbocycles. The van der Waals surface area contributed by atoms with Crippen molar-refractivity contribution in [2.45, 2.75) is 45.1 Å². The van der Waals surface area contributed by atoms with Crippen LogP contribution in [0.3, 0.4) is 0 Å². The van der Waals surface area contributed by atoms with Gasteiger partial charge in [0.25, 0.3) is 0 Å². The largest absolute Gasteiger partial charge is 0.371 e. The number of hydrogen-bond donors (Lipinski definition) is 0. The van der Waals surface area contributed by atoms with Gasteiger partial charge < -0.3 is 9.47 Å². The Morgan fingerprint density at radius 2 is 2.05 bits per heavy atom. The van der Waals surface area contributed by atoms with Crippen LogP contribution in [0.5, 0.6) is 0 Å². The molecule has 2 aliphatic rings. The molecule has 4 rings (SSSR count). The molecule has 104 valence electrons. The molecule has 2 heterocycles. The van der Waals surface area contributed by atoms with E-state index >= 15 is 0 Å². The number of nitrogens with zero attached hydrogens (tertiary/aromatic N) is 2. The second-order valence-corrected chi connectivity index (χ2v) is 6.54. The number of aryl methyl sites for hydroxylation is 1. The lowest BCUT2D eigenvalue weighted by Crippen LogP contribution is -2.27. The fraction of sp³-hybridized carbons (Fsp3) is 0.444. The summed E-state index contributed by atoms with van der Waals surface area (Å²) in [5.74, 6) is 0.598. The highest BCUT2D eigenvalue weighted by molar-refractivity contribution is 5.89. The smallest absolute Gasteiger partial charge is 0.0692 e. The summed E-state index contributed by atoms with van der Waals surface area (Å²) in [4.78, 5) is 2.38. The number of fused-ring (bicyclic) bond motifs is 3. The van der Waals surface area contributed by atoms with Crippen LogP contribution in [-0.2, 0) is 6.42 Å². The third kappa shape index (κ3) is 1.51. The van der Waals surface area contributed by atoms with Crippen LogP contribution in [0.15, 0.2) is 24.4 Å². The number of benzene rings is 1. The zero-order valence-corrected chi connectivity index (χ0v) is 12.6. The van der Waals surface area contributed by atoms with Crippen LogP contribution in [0.2, 0.25) is 0 Å². The van der Waals surface area contributed by atoms with E-state index < -0.39 is 0 Å². The standard InChI is InChI=1S/C18H22N2/c1-12(2)13-7-8-16-15(11-13)14-5-4-6-17-18(14)20(16)10-9-19(17)3/h7-12,17H,4-6H2,1-3H3.